The predicted molar refractivity (Wildman–Crippen MR) is 95.3 cm³/mol. The van der Waals surface area contributed by atoms with Gasteiger partial charge < -0.3 is 10.0 Å². The van der Waals surface area contributed by atoms with Gasteiger partial charge in [0.25, 0.3) is 5.91 Å². The molecule has 1 fully saturated rings. The van der Waals surface area contributed by atoms with Crippen molar-refractivity contribution in [1.29, 1.82) is 0 Å². The molecular weight excluding hydrogens is 333 g/mol. The van der Waals surface area contributed by atoms with E-state index in [1.54, 1.807) is 18.3 Å². The van der Waals surface area contributed by atoms with Gasteiger partial charge in [-0.2, -0.15) is 10.2 Å². The molecule has 5 nitrogen and oxygen atoms in total. The highest BCUT2D eigenvalue weighted by Gasteiger charge is 2.27. The average molecular weight is 351 g/mol. The summed E-state index contributed by atoms with van der Waals surface area (Å²) in [6, 6.07) is 12.4. The van der Waals surface area contributed by atoms with Gasteiger partial charge in [-0.3, -0.25) is 4.79 Å². The van der Waals surface area contributed by atoms with E-state index in [2.05, 4.69) is 10.2 Å². The first-order valence-electron chi connectivity index (χ1n) is 8.57. The van der Waals surface area contributed by atoms with Crippen molar-refractivity contribution in [2.45, 2.75) is 18.9 Å². The Morgan fingerprint density at radius 3 is 2.92 bits per heavy atom. The number of aliphatic hydroxyl groups is 1. The van der Waals surface area contributed by atoms with Crippen molar-refractivity contribution in [3.8, 4) is 0 Å². The van der Waals surface area contributed by atoms with Crippen LogP contribution in [0.25, 0.3) is 10.8 Å². The Morgan fingerprint density at radius 2 is 2.12 bits per heavy atom. The lowest BCUT2D eigenvalue weighted by Gasteiger charge is -2.16. The van der Waals surface area contributed by atoms with Crippen molar-refractivity contribution >= 4 is 16.7 Å². The van der Waals surface area contributed by atoms with Crippen LogP contribution in [0.1, 0.15) is 28.0 Å². The van der Waals surface area contributed by atoms with Crippen LogP contribution in [0.2, 0.25) is 0 Å². The molecule has 6 heteroatoms. The predicted octanol–water partition coefficient (Wildman–Crippen LogP) is 2.57. The summed E-state index contributed by atoms with van der Waals surface area (Å²) in [4.78, 5) is 14.1. The number of hydrogen-bond acceptors (Lipinski definition) is 4. The molecule has 0 unspecified atom stereocenters. The minimum absolute atomic E-state index is 0.0322. The van der Waals surface area contributed by atoms with Crippen molar-refractivity contribution in [2.75, 3.05) is 13.1 Å². The lowest BCUT2D eigenvalue weighted by atomic mass is 10.0. The van der Waals surface area contributed by atoms with E-state index in [4.69, 9.17) is 0 Å². The largest absolute Gasteiger partial charge is 0.391 e. The maximum Gasteiger partial charge on any atom is 0.256 e. The molecule has 0 saturated carbocycles. The van der Waals surface area contributed by atoms with Crippen LogP contribution in [0.4, 0.5) is 4.39 Å². The quantitative estimate of drug-likeness (QED) is 0.788. The van der Waals surface area contributed by atoms with Crippen LogP contribution in [0, 0.1) is 5.82 Å². The topological polar surface area (TPSA) is 66.3 Å². The Balaban J connectivity index is 1.64. The molecule has 1 amide bonds. The molecule has 1 saturated heterocycles. The summed E-state index contributed by atoms with van der Waals surface area (Å²) in [5, 5.41) is 19.8. The first-order valence-corrected chi connectivity index (χ1v) is 8.57. The van der Waals surface area contributed by atoms with Crippen LogP contribution in [0.3, 0.4) is 0 Å². The van der Waals surface area contributed by atoms with E-state index < -0.39 is 11.9 Å². The SMILES string of the molecule is O=C(c1cc(Cc2nncc3ccccc23)ccc1F)N1CC[C@@H](O)C1. The number of carbonyl (C=O) groups excluding carboxylic acids is 1. The minimum Gasteiger partial charge on any atom is -0.391 e. The molecule has 132 valence electrons. The number of amides is 1. The Bertz CT molecular complexity index is 971. The van der Waals surface area contributed by atoms with E-state index >= 15 is 0 Å². The second-order valence-corrected chi connectivity index (χ2v) is 6.56. The molecule has 4 rings (SSSR count). The number of fused-ring (bicyclic) bond motifs is 1. The second kappa shape index (κ2) is 6.80. The molecular formula is C20H18FN3O2. The third-order valence-electron chi connectivity index (χ3n) is 4.73. The Morgan fingerprint density at radius 1 is 1.27 bits per heavy atom. The average Bonchev–Trinajstić information content (AvgIpc) is 3.09. The molecule has 1 aliphatic heterocycles. The van der Waals surface area contributed by atoms with Crippen LogP contribution in [0.5, 0.6) is 0 Å². The van der Waals surface area contributed by atoms with E-state index in [1.807, 2.05) is 24.3 Å². The summed E-state index contributed by atoms with van der Waals surface area (Å²) in [6.07, 6.45) is 2.16. The fraction of sp³-hybridized carbons (Fsp3) is 0.250. The van der Waals surface area contributed by atoms with Crippen LogP contribution in [-0.2, 0) is 6.42 Å². The summed E-state index contributed by atoms with van der Waals surface area (Å²) >= 11 is 0. The zero-order valence-corrected chi connectivity index (χ0v) is 14.1. The van der Waals surface area contributed by atoms with Crippen molar-refractivity contribution in [2.24, 2.45) is 0 Å². The number of carbonyl (C=O) groups is 1. The van der Waals surface area contributed by atoms with Gasteiger partial charge in [-0.25, -0.2) is 4.39 Å². The van der Waals surface area contributed by atoms with E-state index in [1.165, 1.54) is 11.0 Å². The van der Waals surface area contributed by atoms with Crippen molar-refractivity contribution in [3.05, 3.63) is 71.3 Å². The van der Waals surface area contributed by atoms with Crippen LogP contribution < -0.4 is 0 Å². The number of β-amino-alcohol motifs (C(OH)–C–C–N with tert-alkyl or cyclic N) is 1. The number of aromatic nitrogens is 2. The molecule has 26 heavy (non-hydrogen) atoms. The van der Waals surface area contributed by atoms with Gasteiger partial charge in [0, 0.05) is 30.3 Å². The van der Waals surface area contributed by atoms with Crippen LogP contribution >= 0.6 is 0 Å². The highest BCUT2D eigenvalue weighted by Crippen LogP contribution is 2.21. The van der Waals surface area contributed by atoms with E-state index in [0.29, 0.717) is 19.4 Å². The molecule has 0 aliphatic carbocycles. The summed E-state index contributed by atoms with van der Waals surface area (Å²) in [7, 11) is 0. The number of nitrogens with zero attached hydrogens (tertiary/aromatic N) is 3. The number of halogens is 1. The normalized spacial score (nSPS) is 17.0. The third kappa shape index (κ3) is 3.15. The maximum atomic E-state index is 14.2. The van der Waals surface area contributed by atoms with Gasteiger partial charge in [-0.1, -0.05) is 30.3 Å². The first kappa shape index (κ1) is 16.6. The molecule has 1 N–H and O–H groups in total. The van der Waals surface area contributed by atoms with Crippen molar-refractivity contribution in [1.82, 2.24) is 15.1 Å². The fourth-order valence-corrected chi connectivity index (χ4v) is 3.35. The lowest BCUT2D eigenvalue weighted by Crippen LogP contribution is -2.30. The number of rotatable bonds is 3. The summed E-state index contributed by atoms with van der Waals surface area (Å²) < 4.78 is 14.2. The molecule has 0 bridgehead atoms. The number of likely N-dealkylation sites (tertiary alicyclic amines) is 1. The van der Waals surface area contributed by atoms with Gasteiger partial charge in [0.2, 0.25) is 0 Å². The lowest BCUT2D eigenvalue weighted by molar-refractivity contribution is 0.0760. The fourth-order valence-electron chi connectivity index (χ4n) is 3.35. The molecule has 0 radical (unpaired) electrons. The monoisotopic (exact) mass is 351 g/mol. The van der Waals surface area contributed by atoms with Gasteiger partial charge in [-0.15, -0.1) is 0 Å². The standard InChI is InChI=1S/C20H18FN3O2/c21-18-6-5-13(9-17(18)20(26)24-8-7-15(25)12-24)10-19-16-4-2-1-3-14(16)11-22-23-19/h1-6,9,11,15,25H,7-8,10,12H2/t15-/m1/s1. The molecule has 2 heterocycles. The van der Waals surface area contributed by atoms with Crippen molar-refractivity contribution in [3.63, 3.8) is 0 Å². The van der Waals surface area contributed by atoms with Gasteiger partial charge in [0.05, 0.1) is 23.6 Å². The van der Waals surface area contributed by atoms with Crippen LogP contribution in [0.15, 0.2) is 48.7 Å². The Kier molecular flexibility index (Phi) is 4.34. The third-order valence-corrected chi connectivity index (χ3v) is 4.73. The summed E-state index contributed by atoms with van der Waals surface area (Å²) in [5.41, 5.74) is 1.61. The van der Waals surface area contributed by atoms with Gasteiger partial charge in [0.1, 0.15) is 5.82 Å². The number of hydrogen-bond donors (Lipinski definition) is 1. The maximum absolute atomic E-state index is 14.2. The van der Waals surface area contributed by atoms with Gasteiger partial charge in [0.15, 0.2) is 0 Å². The van der Waals surface area contributed by atoms with E-state index in [0.717, 1.165) is 22.0 Å². The zero-order chi connectivity index (χ0) is 18.1. The summed E-state index contributed by atoms with van der Waals surface area (Å²) in [5.74, 6) is -0.936. The summed E-state index contributed by atoms with van der Waals surface area (Å²) in [6.45, 7) is 0.690. The number of benzene rings is 2. The number of aliphatic hydroxyl groups excluding tert-OH is 1. The molecule has 0 spiro atoms. The molecule has 1 aliphatic rings. The van der Waals surface area contributed by atoms with Crippen LogP contribution in [-0.4, -0.2) is 45.3 Å². The van der Waals surface area contributed by atoms with E-state index in [-0.39, 0.29) is 18.0 Å². The highest BCUT2D eigenvalue weighted by atomic mass is 19.1. The molecule has 1 aromatic heterocycles. The van der Waals surface area contributed by atoms with Crippen molar-refractivity contribution < 1.29 is 14.3 Å². The van der Waals surface area contributed by atoms with Gasteiger partial charge in [-0.05, 0) is 24.1 Å². The minimum atomic E-state index is -0.552. The smallest absolute Gasteiger partial charge is 0.256 e. The molecule has 1 atom stereocenters. The first-order chi connectivity index (χ1) is 12.6. The second-order valence-electron chi connectivity index (χ2n) is 6.56. The van der Waals surface area contributed by atoms with E-state index in [9.17, 15) is 14.3 Å². The molecule has 2 aromatic carbocycles. The highest BCUT2D eigenvalue weighted by molar-refractivity contribution is 5.95. The van der Waals surface area contributed by atoms with Gasteiger partial charge >= 0.3 is 0 Å². The zero-order valence-electron chi connectivity index (χ0n) is 14.1. The molecule has 3 aromatic rings. The Hall–Kier alpha value is -2.86. The Labute approximate surface area is 150 Å².